The molecule has 0 aliphatic carbocycles. The highest BCUT2D eigenvalue weighted by atomic mass is 35.5. The second-order valence-electron chi connectivity index (χ2n) is 7.51. The SMILES string of the molecule is COc1ccc(CN(C(=O)COc2c(Cl)cccc2C(=O)O)[C@H](C)c2ccccc2)cc1OC. The lowest BCUT2D eigenvalue weighted by Gasteiger charge is -2.30. The molecule has 3 rings (SSSR count). The number of methoxy groups -OCH3 is 2. The molecule has 0 aromatic heterocycles. The van der Waals surface area contributed by atoms with Crippen molar-refractivity contribution in [1.29, 1.82) is 0 Å². The standard InChI is InChI=1S/C26H26ClNO6/c1-17(19-8-5-4-6-9-19)28(15-18-12-13-22(32-2)23(14-18)33-3)24(29)16-34-25-20(26(30)31)10-7-11-21(25)27/h4-14,17H,15-16H2,1-3H3,(H,30,31)/t17-/m1/s1. The number of amides is 1. The molecule has 1 atom stereocenters. The lowest BCUT2D eigenvalue weighted by Crippen LogP contribution is -2.36. The van der Waals surface area contributed by atoms with E-state index in [9.17, 15) is 14.7 Å². The van der Waals surface area contributed by atoms with Gasteiger partial charge in [0.05, 0.1) is 25.3 Å². The van der Waals surface area contributed by atoms with Crippen LogP contribution >= 0.6 is 11.6 Å². The maximum absolute atomic E-state index is 13.4. The average molecular weight is 484 g/mol. The van der Waals surface area contributed by atoms with E-state index in [-0.39, 0.29) is 41.4 Å². The van der Waals surface area contributed by atoms with Crippen molar-refractivity contribution in [2.24, 2.45) is 0 Å². The molecule has 1 amide bonds. The minimum Gasteiger partial charge on any atom is -0.493 e. The van der Waals surface area contributed by atoms with Crippen LogP contribution in [-0.2, 0) is 11.3 Å². The number of rotatable bonds is 10. The summed E-state index contributed by atoms with van der Waals surface area (Å²) in [6.07, 6.45) is 0. The van der Waals surface area contributed by atoms with Crippen molar-refractivity contribution in [3.05, 3.63) is 88.4 Å². The van der Waals surface area contributed by atoms with E-state index in [1.807, 2.05) is 49.4 Å². The van der Waals surface area contributed by atoms with Gasteiger partial charge in [-0.25, -0.2) is 4.79 Å². The number of nitrogens with zero attached hydrogens (tertiary/aromatic N) is 1. The molecular formula is C26H26ClNO6. The van der Waals surface area contributed by atoms with E-state index >= 15 is 0 Å². The van der Waals surface area contributed by atoms with E-state index in [4.69, 9.17) is 25.8 Å². The molecule has 3 aromatic carbocycles. The molecule has 0 heterocycles. The number of para-hydroxylation sites is 1. The summed E-state index contributed by atoms with van der Waals surface area (Å²) < 4.78 is 16.3. The van der Waals surface area contributed by atoms with Gasteiger partial charge in [0.1, 0.15) is 5.56 Å². The van der Waals surface area contributed by atoms with Gasteiger partial charge in [0.15, 0.2) is 23.9 Å². The predicted octanol–water partition coefficient (Wildman–Crippen LogP) is 5.22. The number of hydrogen-bond acceptors (Lipinski definition) is 5. The lowest BCUT2D eigenvalue weighted by molar-refractivity contribution is -0.136. The van der Waals surface area contributed by atoms with Crippen molar-refractivity contribution < 1.29 is 28.9 Å². The molecule has 0 aliphatic heterocycles. The summed E-state index contributed by atoms with van der Waals surface area (Å²) in [4.78, 5) is 26.6. The molecule has 0 spiro atoms. The Hall–Kier alpha value is -3.71. The quantitative estimate of drug-likeness (QED) is 0.425. The molecule has 0 radical (unpaired) electrons. The number of carbonyl (C=O) groups excluding carboxylic acids is 1. The van der Waals surface area contributed by atoms with E-state index in [0.717, 1.165) is 11.1 Å². The third-order valence-electron chi connectivity index (χ3n) is 5.41. The maximum Gasteiger partial charge on any atom is 0.339 e. The van der Waals surface area contributed by atoms with Gasteiger partial charge in [0.2, 0.25) is 0 Å². The van der Waals surface area contributed by atoms with Crippen LogP contribution in [0, 0.1) is 0 Å². The molecule has 3 aromatic rings. The van der Waals surface area contributed by atoms with Gasteiger partial charge in [-0.1, -0.05) is 54.1 Å². The Morgan fingerprint density at radius 3 is 2.32 bits per heavy atom. The van der Waals surface area contributed by atoms with Gasteiger partial charge >= 0.3 is 5.97 Å². The second-order valence-corrected chi connectivity index (χ2v) is 7.92. The number of carboxylic acid groups (broad SMARTS) is 1. The van der Waals surface area contributed by atoms with Crippen LogP contribution in [0.25, 0.3) is 0 Å². The molecule has 1 N–H and O–H groups in total. The molecule has 0 unspecified atom stereocenters. The lowest BCUT2D eigenvalue weighted by atomic mass is 10.1. The highest BCUT2D eigenvalue weighted by molar-refractivity contribution is 6.32. The second kappa shape index (κ2) is 11.4. The van der Waals surface area contributed by atoms with Crippen LogP contribution < -0.4 is 14.2 Å². The van der Waals surface area contributed by atoms with Crippen molar-refractivity contribution in [3.63, 3.8) is 0 Å². The van der Waals surface area contributed by atoms with E-state index in [1.165, 1.54) is 18.2 Å². The number of carbonyl (C=O) groups is 2. The van der Waals surface area contributed by atoms with E-state index < -0.39 is 5.97 Å². The Labute approximate surface area is 203 Å². The molecule has 0 fully saturated rings. The number of ether oxygens (including phenoxy) is 3. The first-order valence-electron chi connectivity index (χ1n) is 10.6. The van der Waals surface area contributed by atoms with Gasteiger partial charge in [0.25, 0.3) is 5.91 Å². The van der Waals surface area contributed by atoms with Crippen LogP contribution in [0.15, 0.2) is 66.7 Å². The number of carboxylic acids is 1. The van der Waals surface area contributed by atoms with Gasteiger partial charge in [-0.05, 0) is 42.3 Å². The fourth-order valence-corrected chi connectivity index (χ4v) is 3.80. The molecular weight excluding hydrogens is 458 g/mol. The van der Waals surface area contributed by atoms with Gasteiger partial charge in [-0.15, -0.1) is 0 Å². The molecule has 0 aliphatic rings. The molecule has 0 saturated heterocycles. The van der Waals surface area contributed by atoms with Gasteiger partial charge in [0, 0.05) is 6.54 Å². The minimum atomic E-state index is -1.19. The fourth-order valence-electron chi connectivity index (χ4n) is 3.57. The first-order valence-corrected chi connectivity index (χ1v) is 10.9. The van der Waals surface area contributed by atoms with Gasteiger partial charge in [-0.3, -0.25) is 4.79 Å². The molecule has 0 saturated carbocycles. The zero-order valence-corrected chi connectivity index (χ0v) is 19.9. The number of aromatic carboxylic acids is 1. The van der Waals surface area contributed by atoms with Crippen molar-refractivity contribution in [2.75, 3.05) is 20.8 Å². The largest absolute Gasteiger partial charge is 0.493 e. The summed E-state index contributed by atoms with van der Waals surface area (Å²) >= 11 is 6.15. The number of benzene rings is 3. The van der Waals surface area contributed by atoms with Crippen LogP contribution in [0.2, 0.25) is 5.02 Å². The first-order chi connectivity index (χ1) is 16.3. The maximum atomic E-state index is 13.4. The minimum absolute atomic E-state index is 0.0385. The van der Waals surface area contributed by atoms with Crippen LogP contribution in [0.4, 0.5) is 0 Å². The Bertz CT molecular complexity index is 1150. The fraction of sp³-hybridized carbons (Fsp3) is 0.231. The number of hydrogen-bond donors (Lipinski definition) is 1. The highest BCUT2D eigenvalue weighted by Gasteiger charge is 2.24. The van der Waals surface area contributed by atoms with Crippen molar-refractivity contribution in [1.82, 2.24) is 4.90 Å². The number of halogens is 1. The van der Waals surface area contributed by atoms with Crippen molar-refractivity contribution >= 4 is 23.5 Å². The Kier molecular flexibility index (Phi) is 8.38. The summed E-state index contributed by atoms with van der Waals surface area (Å²) in [5.41, 5.74) is 1.67. The van der Waals surface area contributed by atoms with Crippen molar-refractivity contribution in [2.45, 2.75) is 19.5 Å². The summed E-state index contributed by atoms with van der Waals surface area (Å²) in [7, 11) is 3.11. The summed E-state index contributed by atoms with van der Waals surface area (Å²) in [6, 6.07) is 19.2. The smallest absolute Gasteiger partial charge is 0.339 e. The summed E-state index contributed by atoms with van der Waals surface area (Å²) in [6.45, 7) is 1.81. The van der Waals surface area contributed by atoms with Crippen LogP contribution in [0.3, 0.4) is 0 Å². The van der Waals surface area contributed by atoms with Crippen LogP contribution in [0.1, 0.15) is 34.5 Å². The Balaban J connectivity index is 1.88. The molecule has 178 valence electrons. The Morgan fingerprint density at radius 2 is 1.68 bits per heavy atom. The third-order valence-corrected chi connectivity index (χ3v) is 5.71. The van der Waals surface area contributed by atoms with Gasteiger partial charge < -0.3 is 24.2 Å². The zero-order chi connectivity index (χ0) is 24.7. The average Bonchev–Trinajstić information content (AvgIpc) is 2.86. The van der Waals surface area contributed by atoms with E-state index in [0.29, 0.717) is 11.5 Å². The zero-order valence-electron chi connectivity index (χ0n) is 19.2. The highest BCUT2D eigenvalue weighted by Crippen LogP contribution is 2.31. The predicted molar refractivity (Wildman–Crippen MR) is 129 cm³/mol. The normalized spacial score (nSPS) is 11.4. The summed E-state index contributed by atoms with van der Waals surface area (Å²) in [5.74, 6) is -0.419. The Morgan fingerprint density at radius 1 is 0.971 bits per heavy atom. The van der Waals surface area contributed by atoms with Gasteiger partial charge in [-0.2, -0.15) is 0 Å². The van der Waals surface area contributed by atoms with Crippen LogP contribution in [-0.4, -0.2) is 42.7 Å². The molecule has 7 nitrogen and oxygen atoms in total. The third kappa shape index (κ3) is 5.80. The van der Waals surface area contributed by atoms with Crippen LogP contribution in [0.5, 0.6) is 17.2 Å². The first kappa shape index (κ1) is 24.9. The van der Waals surface area contributed by atoms with E-state index in [1.54, 1.807) is 25.2 Å². The summed E-state index contributed by atoms with van der Waals surface area (Å²) in [5, 5.41) is 9.55. The molecule has 8 heteroatoms. The van der Waals surface area contributed by atoms with E-state index in [2.05, 4.69) is 0 Å². The topological polar surface area (TPSA) is 85.3 Å². The molecule has 34 heavy (non-hydrogen) atoms. The van der Waals surface area contributed by atoms with Crippen molar-refractivity contribution in [3.8, 4) is 17.2 Å². The monoisotopic (exact) mass is 483 g/mol. The molecule has 0 bridgehead atoms.